The van der Waals surface area contributed by atoms with Crippen LogP contribution in [0, 0.1) is 6.92 Å². The van der Waals surface area contributed by atoms with E-state index in [0.717, 1.165) is 16.0 Å². The summed E-state index contributed by atoms with van der Waals surface area (Å²) in [6.45, 7) is 9.54. The summed E-state index contributed by atoms with van der Waals surface area (Å²) in [5.74, 6) is -0.860. The maximum absolute atomic E-state index is 13.0. The minimum absolute atomic E-state index is 0.0118. The lowest BCUT2D eigenvalue weighted by Crippen LogP contribution is -2.42. The van der Waals surface area contributed by atoms with E-state index in [0.29, 0.717) is 11.3 Å². The van der Waals surface area contributed by atoms with Gasteiger partial charge < -0.3 is 10.6 Å². The molecule has 2 N–H and O–H groups in total. The van der Waals surface area contributed by atoms with Gasteiger partial charge in [-0.2, -0.15) is 0 Å². The second-order valence-electron chi connectivity index (χ2n) is 8.64. The molecule has 1 aliphatic rings. The second kappa shape index (κ2) is 7.35. The van der Waals surface area contributed by atoms with Gasteiger partial charge in [0.2, 0.25) is 5.91 Å². The van der Waals surface area contributed by atoms with Crippen LogP contribution in [0.3, 0.4) is 0 Å². The third-order valence-electron chi connectivity index (χ3n) is 5.32. The Hall–Kier alpha value is -3.15. The molecule has 0 radical (unpaired) electrons. The average molecular weight is 393 g/mol. The number of amides is 4. The van der Waals surface area contributed by atoms with Crippen LogP contribution in [0.4, 0.5) is 10.5 Å². The molecule has 6 nitrogen and oxygen atoms in total. The molecule has 4 amide bonds. The van der Waals surface area contributed by atoms with E-state index in [1.807, 2.05) is 49.4 Å². The highest BCUT2D eigenvalue weighted by atomic mass is 16.2. The monoisotopic (exact) mass is 393 g/mol. The normalized spacial score (nSPS) is 19.3. The summed E-state index contributed by atoms with van der Waals surface area (Å²) >= 11 is 0. The van der Waals surface area contributed by atoms with Crippen LogP contribution < -0.4 is 10.6 Å². The number of nitrogens with zero attached hydrogens (tertiary/aromatic N) is 1. The number of aryl methyl sites for hydroxylation is 1. The van der Waals surface area contributed by atoms with Crippen molar-refractivity contribution in [2.24, 2.45) is 0 Å². The first-order chi connectivity index (χ1) is 13.5. The molecule has 6 heteroatoms. The van der Waals surface area contributed by atoms with Crippen molar-refractivity contribution >= 4 is 23.5 Å². The lowest BCUT2D eigenvalue weighted by molar-refractivity contribution is -0.133. The van der Waals surface area contributed by atoms with Gasteiger partial charge in [0.05, 0.1) is 0 Å². The molecule has 1 fully saturated rings. The maximum atomic E-state index is 13.0. The zero-order chi connectivity index (χ0) is 21.4. The van der Waals surface area contributed by atoms with Crippen molar-refractivity contribution in [2.45, 2.75) is 45.6 Å². The summed E-state index contributed by atoms with van der Waals surface area (Å²) in [5.41, 5.74) is 2.17. The summed E-state index contributed by atoms with van der Waals surface area (Å²) < 4.78 is 0. The molecule has 1 saturated heterocycles. The number of hydrogen-bond donors (Lipinski definition) is 2. The molecule has 0 aliphatic carbocycles. The second-order valence-corrected chi connectivity index (χ2v) is 8.64. The van der Waals surface area contributed by atoms with Gasteiger partial charge in [-0.15, -0.1) is 0 Å². The van der Waals surface area contributed by atoms with Crippen LogP contribution in [0.2, 0.25) is 0 Å². The summed E-state index contributed by atoms with van der Waals surface area (Å²) in [6.07, 6.45) is 0. The highest BCUT2D eigenvalue weighted by molar-refractivity contribution is 6.10. The van der Waals surface area contributed by atoms with Crippen molar-refractivity contribution in [3.63, 3.8) is 0 Å². The number of imide groups is 1. The number of nitrogens with one attached hydrogen (secondary N) is 2. The van der Waals surface area contributed by atoms with E-state index < -0.39 is 23.4 Å². The molecular weight excluding hydrogens is 366 g/mol. The molecule has 29 heavy (non-hydrogen) atoms. The SMILES string of the molecule is Cc1ccccc1NC(=O)CN1C(=O)N[C@](C)(c2ccc(C(C)(C)C)cc2)C1=O. The average Bonchev–Trinajstić information content (AvgIpc) is 2.87. The number of carbonyl (C=O) groups excluding carboxylic acids is 3. The van der Waals surface area contributed by atoms with Gasteiger partial charge in [0, 0.05) is 5.69 Å². The predicted octanol–water partition coefficient (Wildman–Crippen LogP) is 3.70. The number of rotatable bonds is 4. The molecule has 1 atom stereocenters. The molecule has 0 spiro atoms. The van der Waals surface area contributed by atoms with E-state index in [-0.39, 0.29) is 12.0 Å². The first-order valence-electron chi connectivity index (χ1n) is 9.63. The van der Waals surface area contributed by atoms with Gasteiger partial charge in [-0.1, -0.05) is 63.2 Å². The van der Waals surface area contributed by atoms with Gasteiger partial charge in [0.15, 0.2) is 0 Å². The van der Waals surface area contributed by atoms with Crippen LogP contribution >= 0.6 is 0 Å². The third-order valence-corrected chi connectivity index (χ3v) is 5.32. The first-order valence-corrected chi connectivity index (χ1v) is 9.63. The molecule has 1 aliphatic heterocycles. The molecule has 0 saturated carbocycles. The minimum Gasteiger partial charge on any atom is -0.324 e. The summed E-state index contributed by atoms with van der Waals surface area (Å²) in [6, 6.07) is 14.4. The van der Waals surface area contributed by atoms with Gasteiger partial charge in [0.25, 0.3) is 5.91 Å². The number of anilines is 1. The Morgan fingerprint density at radius 2 is 1.69 bits per heavy atom. The molecule has 1 heterocycles. The molecule has 2 aromatic carbocycles. The Kier molecular flexibility index (Phi) is 5.22. The van der Waals surface area contributed by atoms with Crippen molar-refractivity contribution < 1.29 is 14.4 Å². The van der Waals surface area contributed by atoms with Crippen molar-refractivity contribution in [1.82, 2.24) is 10.2 Å². The van der Waals surface area contributed by atoms with Gasteiger partial charge >= 0.3 is 6.03 Å². The molecule has 3 rings (SSSR count). The highest BCUT2D eigenvalue weighted by Gasteiger charge is 2.49. The predicted molar refractivity (Wildman–Crippen MR) is 113 cm³/mol. The van der Waals surface area contributed by atoms with E-state index in [2.05, 4.69) is 31.4 Å². The minimum atomic E-state index is -1.20. The number of urea groups is 1. The van der Waals surface area contributed by atoms with Crippen LogP contribution in [0.1, 0.15) is 44.4 Å². The van der Waals surface area contributed by atoms with Crippen LogP contribution in [0.15, 0.2) is 48.5 Å². The molecule has 2 aromatic rings. The number of hydrogen-bond acceptors (Lipinski definition) is 3. The number of benzene rings is 2. The van der Waals surface area contributed by atoms with Crippen molar-refractivity contribution in [3.05, 3.63) is 65.2 Å². The number of para-hydroxylation sites is 1. The van der Waals surface area contributed by atoms with E-state index in [4.69, 9.17) is 0 Å². The molecular formula is C23H27N3O3. The van der Waals surface area contributed by atoms with Crippen LogP contribution in [0.5, 0.6) is 0 Å². The summed E-state index contributed by atoms with van der Waals surface area (Å²) in [4.78, 5) is 38.9. The van der Waals surface area contributed by atoms with E-state index in [1.165, 1.54) is 0 Å². The summed E-state index contributed by atoms with van der Waals surface area (Å²) in [5, 5.41) is 5.50. The zero-order valence-corrected chi connectivity index (χ0v) is 17.5. The largest absolute Gasteiger partial charge is 0.325 e. The smallest absolute Gasteiger partial charge is 0.324 e. The Bertz CT molecular complexity index is 960. The van der Waals surface area contributed by atoms with Crippen molar-refractivity contribution in [2.75, 3.05) is 11.9 Å². The Morgan fingerprint density at radius 1 is 1.07 bits per heavy atom. The Morgan fingerprint density at radius 3 is 2.28 bits per heavy atom. The fraction of sp³-hybridized carbons (Fsp3) is 0.348. The molecule has 0 bridgehead atoms. The van der Waals surface area contributed by atoms with Crippen LogP contribution in [-0.4, -0.2) is 29.3 Å². The maximum Gasteiger partial charge on any atom is 0.325 e. The number of carbonyl (C=O) groups is 3. The van der Waals surface area contributed by atoms with Crippen molar-refractivity contribution in [3.8, 4) is 0 Å². The standard InChI is InChI=1S/C23H27N3O3/c1-15-8-6-7-9-18(15)24-19(27)14-26-20(28)23(5,25-21(26)29)17-12-10-16(11-13-17)22(2,3)4/h6-13H,14H2,1-5H3,(H,24,27)(H,25,29)/t23-/m1/s1. The Balaban J connectivity index is 1.76. The van der Waals surface area contributed by atoms with E-state index in [9.17, 15) is 14.4 Å². The molecule has 152 valence electrons. The van der Waals surface area contributed by atoms with Gasteiger partial charge in [0.1, 0.15) is 12.1 Å². The lowest BCUT2D eigenvalue weighted by atomic mass is 9.84. The lowest BCUT2D eigenvalue weighted by Gasteiger charge is -2.24. The van der Waals surface area contributed by atoms with Crippen LogP contribution in [0.25, 0.3) is 0 Å². The summed E-state index contributed by atoms with van der Waals surface area (Å²) in [7, 11) is 0. The van der Waals surface area contributed by atoms with E-state index >= 15 is 0 Å². The first kappa shape index (κ1) is 20.6. The van der Waals surface area contributed by atoms with Gasteiger partial charge in [-0.3, -0.25) is 14.5 Å². The zero-order valence-electron chi connectivity index (χ0n) is 17.5. The fourth-order valence-corrected chi connectivity index (χ4v) is 3.39. The fourth-order valence-electron chi connectivity index (χ4n) is 3.39. The molecule has 0 aromatic heterocycles. The van der Waals surface area contributed by atoms with Gasteiger partial charge in [-0.25, -0.2) is 4.79 Å². The van der Waals surface area contributed by atoms with Crippen molar-refractivity contribution in [1.29, 1.82) is 0 Å². The molecule has 0 unspecified atom stereocenters. The Labute approximate surface area is 171 Å². The van der Waals surface area contributed by atoms with E-state index in [1.54, 1.807) is 13.0 Å². The highest BCUT2D eigenvalue weighted by Crippen LogP contribution is 2.31. The third kappa shape index (κ3) is 4.01. The van der Waals surface area contributed by atoms with Crippen LogP contribution in [-0.2, 0) is 20.5 Å². The van der Waals surface area contributed by atoms with Gasteiger partial charge in [-0.05, 0) is 42.0 Å². The quantitative estimate of drug-likeness (QED) is 0.778. The topological polar surface area (TPSA) is 78.5 Å².